The molecular weight excluding hydrogens is 240 g/mol. The van der Waals surface area contributed by atoms with Crippen LogP contribution >= 0.6 is 0 Å². The smallest absolute Gasteiger partial charge is 0.176 e. The van der Waals surface area contributed by atoms with Crippen molar-refractivity contribution < 1.29 is 9.53 Å². The van der Waals surface area contributed by atoms with Crippen molar-refractivity contribution >= 4 is 11.5 Å². The van der Waals surface area contributed by atoms with Crippen LogP contribution in [0.2, 0.25) is 0 Å². The third-order valence-electron chi connectivity index (χ3n) is 2.99. The van der Waals surface area contributed by atoms with Gasteiger partial charge in [0.25, 0.3) is 0 Å². The number of carbonyl (C=O) groups excluding carboxylic acids is 1. The molecule has 0 aromatic heterocycles. The zero-order chi connectivity index (χ0) is 14.0. The van der Waals surface area contributed by atoms with Gasteiger partial charge in [-0.2, -0.15) is 0 Å². The zero-order valence-electron chi connectivity index (χ0n) is 12.0. The molecule has 0 saturated heterocycles. The van der Waals surface area contributed by atoms with E-state index in [9.17, 15) is 4.79 Å². The molecule has 0 fully saturated rings. The first-order valence-corrected chi connectivity index (χ1v) is 6.68. The maximum Gasteiger partial charge on any atom is 0.176 e. The van der Waals surface area contributed by atoms with Crippen molar-refractivity contribution in [2.24, 2.45) is 0 Å². The van der Waals surface area contributed by atoms with Gasteiger partial charge in [-0.1, -0.05) is 0 Å². The third kappa shape index (κ3) is 3.70. The number of Topliss-reactive ketones (excluding diaryl/α,β-unsaturated/α-hetero) is 1. The van der Waals surface area contributed by atoms with Crippen LogP contribution in [0.15, 0.2) is 18.2 Å². The summed E-state index contributed by atoms with van der Waals surface area (Å²) in [5, 5.41) is 6.49. The second kappa shape index (κ2) is 5.21. The van der Waals surface area contributed by atoms with Gasteiger partial charge in [-0.25, -0.2) is 0 Å². The Balaban J connectivity index is 2.07. The Hall–Kier alpha value is -1.55. The molecular formula is C15H22N2O2. The topological polar surface area (TPSA) is 50.4 Å². The van der Waals surface area contributed by atoms with Crippen LogP contribution < -0.4 is 15.4 Å². The number of carbonyl (C=O) groups is 1. The summed E-state index contributed by atoms with van der Waals surface area (Å²) in [6.45, 7) is 9.27. The highest BCUT2D eigenvalue weighted by molar-refractivity contribution is 5.98. The summed E-state index contributed by atoms with van der Waals surface area (Å²) in [6.07, 6.45) is 0.164. The monoisotopic (exact) mass is 262 g/mol. The van der Waals surface area contributed by atoms with Crippen molar-refractivity contribution in [2.45, 2.75) is 39.3 Å². The molecule has 1 aliphatic heterocycles. The summed E-state index contributed by atoms with van der Waals surface area (Å²) in [6, 6.07) is 5.56. The molecule has 0 radical (unpaired) electrons. The van der Waals surface area contributed by atoms with Crippen LogP contribution in [0, 0.1) is 0 Å². The van der Waals surface area contributed by atoms with Crippen molar-refractivity contribution in [3.05, 3.63) is 23.8 Å². The number of fused-ring (bicyclic) bond motifs is 1. The van der Waals surface area contributed by atoms with Gasteiger partial charge >= 0.3 is 0 Å². The minimum absolute atomic E-state index is 0.0549. The lowest BCUT2D eigenvalue weighted by molar-refractivity contribution is 0.0982. The number of ketones is 1. The normalized spacial score (nSPS) is 18.2. The van der Waals surface area contributed by atoms with Gasteiger partial charge in [-0.15, -0.1) is 0 Å². The number of benzene rings is 1. The molecule has 4 nitrogen and oxygen atoms in total. The number of nitrogens with one attached hydrogen (secondary N) is 2. The minimum Gasteiger partial charge on any atom is -0.487 e. The predicted octanol–water partition coefficient (Wildman–Crippen LogP) is 2.45. The van der Waals surface area contributed by atoms with E-state index in [1.807, 2.05) is 45.9 Å². The maximum atomic E-state index is 12.1. The highest BCUT2D eigenvalue weighted by Gasteiger charge is 2.18. The fourth-order valence-electron chi connectivity index (χ4n) is 1.90. The van der Waals surface area contributed by atoms with E-state index in [2.05, 4.69) is 10.6 Å². The largest absolute Gasteiger partial charge is 0.487 e. The van der Waals surface area contributed by atoms with Gasteiger partial charge in [0.15, 0.2) is 5.78 Å². The van der Waals surface area contributed by atoms with E-state index < -0.39 is 0 Å². The van der Waals surface area contributed by atoms with Crippen LogP contribution in [0.4, 0.5) is 5.69 Å². The van der Waals surface area contributed by atoms with Gasteiger partial charge in [0, 0.05) is 11.1 Å². The average Bonchev–Trinajstić information content (AvgIpc) is 2.34. The first-order valence-electron chi connectivity index (χ1n) is 6.68. The Morgan fingerprint density at radius 3 is 2.89 bits per heavy atom. The van der Waals surface area contributed by atoms with Crippen LogP contribution in [0.25, 0.3) is 0 Å². The molecule has 0 bridgehead atoms. The summed E-state index contributed by atoms with van der Waals surface area (Å²) in [5.74, 6) is 0.914. The zero-order valence-corrected chi connectivity index (χ0v) is 12.0. The molecule has 2 rings (SSSR count). The quantitative estimate of drug-likeness (QED) is 0.822. The van der Waals surface area contributed by atoms with E-state index >= 15 is 0 Å². The highest BCUT2D eigenvalue weighted by atomic mass is 16.5. The Labute approximate surface area is 114 Å². The van der Waals surface area contributed by atoms with Crippen LogP contribution in [0.1, 0.15) is 38.1 Å². The summed E-state index contributed by atoms with van der Waals surface area (Å²) in [5.41, 5.74) is 1.56. The molecule has 19 heavy (non-hydrogen) atoms. The Kier molecular flexibility index (Phi) is 3.80. The fourth-order valence-corrected chi connectivity index (χ4v) is 1.90. The summed E-state index contributed by atoms with van der Waals surface area (Å²) >= 11 is 0. The lowest BCUT2D eigenvalue weighted by atomic mass is 10.1. The first-order chi connectivity index (χ1) is 8.85. The Morgan fingerprint density at radius 2 is 2.21 bits per heavy atom. The van der Waals surface area contributed by atoms with Gasteiger partial charge in [0.2, 0.25) is 0 Å². The van der Waals surface area contributed by atoms with E-state index in [0.29, 0.717) is 12.1 Å². The average molecular weight is 262 g/mol. The van der Waals surface area contributed by atoms with Gasteiger partial charge in [-0.3, -0.25) is 4.79 Å². The Bertz CT molecular complexity index is 478. The van der Waals surface area contributed by atoms with E-state index in [0.717, 1.165) is 18.0 Å². The molecule has 1 heterocycles. The van der Waals surface area contributed by atoms with Crippen molar-refractivity contribution in [1.29, 1.82) is 0 Å². The summed E-state index contributed by atoms with van der Waals surface area (Å²) in [7, 11) is 0. The lowest BCUT2D eigenvalue weighted by Crippen LogP contribution is -2.39. The molecule has 1 aliphatic rings. The van der Waals surface area contributed by atoms with Gasteiger partial charge in [-0.05, 0) is 45.9 Å². The van der Waals surface area contributed by atoms with Gasteiger partial charge in [0.1, 0.15) is 11.9 Å². The summed E-state index contributed by atoms with van der Waals surface area (Å²) in [4.78, 5) is 12.1. The van der Waals surface area contributed by atoms with Crippen molar-refractivity contribution in [3.8, 4) is 5.75 Å². The second-order valence-corrected chi connectivity index (χ2v) is 6.05. The van der Waals surface area contributed by atoms with Crippen LogP contribution in [-0.4, -0.2) is 30.5 Å². The third-order valence-corrected chi connectivity index (χ3v) is 2.99. The fraction of sp³-hybridized carbons (Fsp3) is 0.533. The molecule has 104 valence electrons. The molecule has 1 atom stereocenters. The van der Waals surface area contributed by atoms with Crippen molar-refractivity contribution in [2.75, 3.05) is 18.4 Å². The summed E-state index contributed by atoms with van der Waals surface area (Å²) < 4.78 is 5.69. The maximum absolute atomic E-state index is 12.1. The highest BCUT2D eigenvalue weighted by Crippen LogP contribution is 2.29. The number of rotatable bonds is 3. The van der Waals surface area contributed by atoms with Crippen molar-refractivity contribution in [1.82, 2.24) is 5.32 Å². The standard InChI is InChI=1S/C15H22N2O2/c1-10-8-16-12-7-11(5-6-14(12)19-10)13(18)9-17-15(2,3)4/h5-7,10,16-17H,8-9H2,1-4H3. The number of hydrogen-bond donors (Lipinski definition) is 2. The predicted molar refractivity (Wildman–Crippen MR) is 77.1 cm³/mol. The van der Waals surface area contributed by atoms with E-state index in [4.69, 9.17) is 4.74 Å². The van der Waals surface area contributed by atoms with Gasteiger partial charge < -0.3 is 15.4 Å². The van der Waals surface area contributed by atoms with E-state index in [1.54, 1.807) is 0 Å². The van der Waals surface area contributed by atoms with Crippen LogP contribution in [0.5, 0.6) is 5.75 Å². The number of ether oxygens (including phenoxy) is 1. The van der Waals surface area contributed by atoms with Crippen molar-refractivity contribution in [3.63, 3.8) is 0 Å². The van der Waals surface area contributed by atoms with Crippen LogP contribution in [-0.2, 0) is 0 Å². The lowest BCUT2D eigenvalue weighted by Gasteiger charge is -2.25. The second-order valence-electron chi connectivity index (χ2n) is 6.05. The SMILES string of the molecule is CC1CNc2cc(C(=O)CNC(C)(C)C)ccc2O1. The number of hydrogen-bond acceptors (Lipinski definition) is 4. The molecule has 0 spiro atoms. The minimum atomic E-state index is -0.0549. The first kappa shape index (κ1) is 13.9. The van der Waals surface area contributed by atoms with E-state index in [1.165, 1.54) is 0 Å². The molecule has 0 saturated carbocycles. The molecule has 0 amide bonds. The van der Waals surface area contributed by atoms with Gasteiger partial charge in [0.05, 0.1) is 18.8 Å². The molecule has 4 heteroatoms. The number of anilines is 1. The Morgan fingerprint density at radius 1 is 1.47 bits per heavy atom. The van der Waals surface area contributed by atoms with Crippen LogP contribution in [0.3, 0.4) is 0 Å². The molecule has 1 unspecified atom stereocenters. The van der Waals surface area contributed by atoms with E-state index in [-0.39, 0.29) is 17.4 Å². The molecule has 1 aromatic carbocycles. The molecule has 1 aromatic rings. The molecule has 0 aliphatic carbocycles. The molecule has 2 N–H and O–H groups in total.